The van der Waals surface area contributed by atoms with Crippen molar-refractivity contribution in [1.29, 1.82) is 0 Å². The molecule has 1 amide bonds. The predicted octanol–water partition coefficient (Wildman–Crippen LogP) is 2.96. The van der Waals surface area contributed by atoms with E-state index in [-0.39, 0.29) is 29.9 Å². The third kappa shape index (κ3) is 6.84. The van der Waals surface area contributed by atoms with Crippen LogP contribution in [0.1, 0.15) is 32.3 Å². The minimum Gasteiger partial charge on any atom is -0.356 e. The SMILES string of the molecule is CN=C(NCCC(=O)N(C)Cc1ccccc1)N1CCC(C)(C)C1.I. The lowest BCUT2D eigenvalue weighted by Gasteiger charge is -2.24. The van der Waals surface area contributed by atoms with Gasteiger partial charge in [-0.25, -0.2) is 0 Å². The fourth-order valence-electron chi connectivity index (χ4n) is 3.04. The van der Waals surface area contributed by atoms with Crippen LogP contribution in [0.2, 0.25) is 0 Å². The molecule has 5 nitrogen and oxygen atoms in total. The summed E-state index contributed by atoms with van der Waals surface area (Å²) in [5.74, 6) is 1.04. The molecule has 0 radical (unpaired) electrons. The average Bonchev–Trinajstić information content (AvgIpc) is 2.92. The Morgan fingerprint density at radius 1 is 1.32 bits per heavy atom. The zero-order valence-electron chi connectivity index (χ0n) is 15.8. The van der Waals surface area contributed by atoms with Crippen molar-refractivity contribution in [2.75, 3.05) is 33.7 Å². The predicted molar refractivity (Wildman–Crippen MR) is 114 cm³/mol. The molecule has 140 valence electrons. The third-order valence-corrected chi connectivity index (χ3v) is 4.50. The van der Waals surface area contributed by atoms with Crippen LogP contribution in [-0.4, -0.2) is 55.4 Å². The van der Waals surface area contributed by atoms with Crippen LogP contribution in [0.15, 0.2) is 35.3 Å². The number of nitrogens with zero attached hydrogens (tertiary/aromatic N) is 3. The van der Waals surface area contributed by atoms with Gasteiger partial charge < -0.3 is 15.1 Å². The number of amides is 1. The van der Waals surface area contributed by atoms with Gasteiger partial charge in [-0.3, -0.25) is 9.79 Å². The number of rotatable bonds is 5. The van der Waals surface area contributed by atoms with E-state index in [2.05, 4.69) is 29.1 Å². The fraction of sp³-hybridized carbons (Fsp3) is 0.579. The normalized spacial score (nSPS) is 16.3. The Bertz CT molecular complexity index is 574. The Balaban J connectivity index is 0.00000312. The zero-order valence-corrected chi connectivity index (χ0v) is 18.1. The Morgan fingerprint density at radius 3 is 2.56 bits per heavy atom. The molecule has 1 aliphatic rings. The molecule has 1 aliphatic heterocycles. The van der Waals surface area contributed by atoms with Crippen molar-refractivity contribution >= 4 is 35.8 Å². The molecule has 0 aromatic heterocycles. The van der Waals surface area contributed by atoms with Gasteiger partial charge in [0.05, 0.1) is 0 Å². The first-order valence-corrected chi connectivity index (χ1v) is 8.65. The molecular formula is C19H31IN4O. The van der Waals surface area contributed by atoms with Gasteiger partial charge in [-0.05, 0) is 17.4 Å². The summed E-state index contributed by atoms with van der Waals surface area (Å²) in [4.78, 5) is 20.7. The molecule has 0 spiro atoms. The van der Waals surface area contributed by atoms with Crippen molar-refractivity contribution in [2.45, 2.75) is 33.2 Å². The molecule has 1 N–H and O–H groups in total. The first kappa shape index (κ1) is 21.7. The van der Waals surface area contributed by atoms with Crippen LogP contribution in [-0.2, 0) is 11.3 Å². The van der Waals surface area contributed by atoms with Crippen LogP contribution in [0, 0.1) is 5.41 Å². The first-order chi connectivity index (χ1) is 11.4. The summed E-state index contributed by atoms with van der Waals surface area (Å²) in [5, 5.41) is 3.33. The number of hydrogen-bond acceptors (Lipinski definition) is 2. The van der Waals surface area contributed by atoms with Crippen LogP contribution in [0.3, 0.4) is 0 Å². The molecular weight excluding hydrogens is 427 g/mol. The maximum absolute atomic E-state index is 12.3. The topological polar surface area (TPSA) is 47.9 Å². The maximum Gasteiger partial charge on any atom is 0.224 e. The van der Waals surface area contributed by atoms with Gasteiger partial charge in [-0.2, -0.15) is 0 Å². The lowest BCUT2D eigenvalue weighted by molar-refractivity contribution is -0.130. The molecule has 0 bridgehead atoms. The number of carbonyl (C=O) groups excluding carboxylic acids is 1. The van der Waals surface area contributed by atoms with E-state index >= 15 is 0 Å². The maximum atomic E-state index is 12.3. The minimum absolute atomic E-state index is 0. The molecule has 0 atom stereocenters. The van der Waals surface area contributed by atoms with Crippen LogP contribution < -0.4 is 5.32 Å². The zero-order chi connectivity index (χ0) is 17.6. The highest BCUT2D eigenvalue weighted by atomic mass is 127. The quantitative estimate of drug-likeness (QED) is 0.420. The van der Waals surface area contributed by atoms with Crippen molar-refractivity contribution in [3.8, 4) is 0 Å². The highest BCUT2D eigenvalue weighted by Crippen LogP contribution is 2.28. The van der Waals surface area contributed by atoms with Gasteiger partial charge in [0.1, 0.15) is 0 Å². The highest BCUT2D eigenvalue weighted by Gasteiger charge is 2.30. The lowest BCUT2D eigenvalue weighted by atomic mass is 9.93. The second kappa shape index (κ2) is 9.99. The van der Waals surface area contributed by atoms with E-state index in [0.29, 0.717) is 24.9 Å². The summed E-state index contributed by atoms with van der Waals surface area (Å²) in [7, 11) is 3.66. The molecule has 25 heavy (non-hydrogen) atoms. The van der Waals surface area contributed by atoms with E-state index in [1.165, 1.54) is 6.42 Å². The monoisotopic (exact) mass is 458 g/mol. The fourth-order valence-corrected chi connectivity index (χ4v) is 3.04. The number of benzene rings is 1. The summed E-state index contributed by atoms with van der Waals surface area (Å²) >= 11 is 0. The third-order valence-electron chi connectivity index (χ3n) is 4.50. The van der Waals surface area contributed by atoms with E-state index in [9.17, 15) is 4.79 Å². The number of likely N-dealkylation sites (tertiary alicyclic amines) is 1. The number of hydrogen-bond donors (Lipinski definition) is 1. The molecule has 0 aliphatic carbocycles. The molecule has 2 rings (SSSR count). The molecule has 0 unspecified atom stereocenters. The molecule has 6 heteroatoms. The number of nitrogens with one attached hydrogen (secondary N) is 1. The van der Waals surface area contributed by atoms with Gasteiger partial charge in [0.2, 0.25) is 5.91 Å². The Labute approximate surface area is 168 Å². The van der Waals surface area contributed by atoms with Crippen LogP contribution in [0.4, 0.5) is 0 Å². The molecule has 0 saturated carbocycles. The summed E-state index contributed by atoms with van der Waals surface area (Å²) < 4.78 is 0. The first-order valence-electron chi connectivity index (χ1n) is 8.65. The van der Waals surface area contributed by atoms with Crippen molar-refractivity contribution < 1.29 is 4.79 Å². The van der Waals surface area contributed by atoms with E-state index in [1.807, 2.05) is 37.4 Å². The number of aliphatic imine (C=N–C) groups is 1. The van der Waals surface area contributed by atoms with E-state index in [1.54, 1.807) is 11.9 Å². The Hall–Kier alpha value is -1.31. The number of halogens is 1. The molecule has 1 heterocycles. The summed E-state index contributed by atoms with van der Waals surface area (Å²) in [6.07, 6.45) is 1.64. The van der Waals surface area contributed by atoms with Gasteiger partial charge in [0.25, 0.3) is 0 Å². The van der Waals surface area contributed by atoms with E-state index in [0.717, 1.165) is 24.6 Å². The van der Waals surface area contributed by atoms with Crippen molar-refractivity contribution in [3.05, 3.63) is 35.9 Å². The van der Waals surface area contributed by atoms with Gasteiger partial charge in [-0.1, -0.05) is 44.2 Å². The Kier molecular flexibility index (Phi) is 8.68. The minimum atomic E-state index is 0. The van der Waals surface area contributed by atoms with E-state index in [4.69, 9.17) is 0 Å². The number of guanidine groups is 1. The highest BCUT2D eigenvalue weighted by molar-refractivity contribution is 14.0. The molecule has 1 aromatic carbocycles. The van der Waals surface area contributed by atoms with Gasteiger partial charge in [-0.15, -0.1) is 24.0 Å². The lowest BCUT2D eigenvalue weighted by Crippen LogP contribution is -2.42. The van der Waals surface area contributed by atoms with Gasteiger partial charge in [0, 0.05) is 46.7 Å². The van der Waals surface area contributed by atoms with E-state index < -0.39 is 0 Å². The second-order valence-corrected chi connectivity index (χ2v) is 7.30. The summed E-state index contributed by atoms with van der Waals surface area (Å²) in [6.45, 7) is 7.85. The largest absolute Gasteiger partial charge is 0.356 e. The van der Waals surface area contributed by atoms with Crippen LogP contribution in [0.5, 0.6) is 0 Å². The molecule has 1 saturated heterocycles. The number of carbonyl (C=O) groups is 1. The van der Waals surface area contributed by atoms with Crippen molar-refractivity contribution in [1.82, 2.24) is 15.1 Å². The van der Waals surface area contributed by atoms with Crippen molar-refractivity contribution in [3.63, 3.8) is 0 Å². The summed E-state index contributed by atoms with van der Waals surface area (Å²) in [6, 6.07) is 10.1. The smallest absolute Gasteiger partial charge is 0.224 e. The molecule has 1 aromatic rings. The Morgan fingerprint density at radius 2 is 2.00 bits per heavy atom. The summed E-state index contributed by atoms with van der Waals surface area (Å²) in [5.41, 5.74) is 1.49. The second-order valence-electron chi connectivity index (χ2n) is 7.30. The molecule has 1 fully saturated rings. The van der Waals surface area contributed by atoms with Crippen LogP contribution >= 0.6 is 24.0 Å². The van der Waals surface area contributed by atoms with Gasteiger partial charge >= 0.3 is 0 Å². The van der Waals surface area contributed by atoms with Gasteiger partial charge in [0.15, 0.2) is 5.96 Å². The van der Waals surface area contributed by atoms with Crippen LogP contribution in [0.25, 0.3) is 0 Å². The average molecular weight is 458 g/mol. The van der Waals surface area contributed by atoms with Crippen molar-refractivity contribution in [2.24, 2.45) is 10.4 Å². The standard InChI is InChI=1S/C19H30N4O.HI/c1-19(2)11-13-23(15-19)18(20-3)21-12-10-17(24)22(4)14-16-8-6-5-7-9-16;/h5-9H,10-15H2,1-4H3,(H,20,21);1H.